The molecule has 0 saturated heterocycles. The summed E-state index contributed by atoms with van der Waals surface area (Å²) in [6, 6.07) is 0. The molecule has 3 fully saturated rings. The molecular weight excluding hydrogens is 580 g/mol. The van der Waals surface area contributed by atoms with Gasteiger partial charge in [-0.25, -0.2) is 0 Å². The summed E-state index contributed by atoms with van der Waals surface area (Å²) >= 11 is 0. The van der Waals surface area contributed by atoms with Gasteiger partial charge in [0, 0.05) is 28.7 Å². The fourth-order valence-electron chi connectivity index (χ4n) is 7.48. The quantitative estimate of drug-likeness (QED) is 0.254. The summed E-state index contributed by atoms with van der Waals surface area (Å²) in [6.45, 7) is 5.37. The van der Waals surface area contributed by atoms with E-state index in [1.165, 1.54) is 0 Å². The number of carboxylic acid groups (broad SMARTS) is 2. The third-order valence-electron chi connectivity index (χ3n) is 9.32. The number of carboxylic acids is 2. The number of aliphatic hydroxyl groups excluding tert-OH is 2. The molecule has 0 aromatic rings. The van der Waals surface area contributed by atoms with Gasteiger partial charge in [-0.05, 0) is 75.9 Å². The van der Waals surface area contributed by atoms with Gasteiger partial charge in [-0.1, -0.05) is 25.0 Å². The Morgan fingerprint density at radius 2 is 1.56 bits per heavy atom. The minimum absolute atomic E-state index is 0. The Balaban J connectivity index is 0. The average Bonchev–Trinajstić information content (AvgIpc) is 3.04. The van der Waals surface area contributed by atoms with E-state index in [2.05, 4.69) is 6.92 Å². The zero-order chi connectivity index (χ0) is 26.3. The van der Waals surface area contributed by atoms with E-state index in [0.717, 1.165) is 30.4 Å². The minimum atomic E-state index is -1.57. The molecule has 0 spiro atoms. The van der Waals surface area contributed by atoms with Gasteiger partial charge in [0.15, 0.2) is 11.6 Å². The standard InChI is InChI=1S/C22H30O5.C4H6O4.2K.2Na.2H/c1-12-8-14(24)9-13-4-5-15-16-6-7-22(27,18(26)11-23)20(16,2)10-17(25)19(15)21(12,13)3;5-3(6)1-2-4(7)8;;;;;;/h8-9,15-17,19,23,25,27H,4-7,10-11H2,1-3H3;1-2H2,(H,5,6)(H,7,8);;;;;;/q;;2*+1;;;;/p-2/t15?,16?,17?,19?,20-,21-,22-;;;;;;;/m0......./s1. The Bertz CT molecular complexity index is 990. The topological polar surface area (TPSA) is 175 Å². The predicted molar refractivity (Wildman–Crippen MR) is 133 cm³/mol. The van der Waals surface area contributed by atoms with Crippen molar-refractivity contribution in [3.8, 4) is 0 Å². The second-order valence-electron chi connectivity index (χ2n) is 10.8. The summed E-state index contributed by atoms with van der Waals surface area (Å²) in [7, 11) is 0. The number of Topliss-reactive ketones (excluding diaryl/α,β-unsaturated/α-hetero) is 1. The summed E-state index contributed by atoms with van der Waals surface area (Å²) in [6.07, 6.45) is 4.89. The first kappa shape index (κ1) is 44.0. The number of carbonyl (C=O) groups excluding carboxylic acids is 4. The molecule has 0 heterocycles. The van der Waals surface area contributed by atoms with E-state index in [0.29, 0.717) is 12.8 Å². The number of carbonyl (C=O) groups is 4. The van der Waals surface area contributed by atoms with Crippen molar-refractivity contribution in [2.75, 3.05) is 6.61 Å². The second kappa shape index (κ2) is 17.6. The Kier molecular flexibility index (Phi) is 19.8. The molecule has 0 aromatic heterocycles. The number of aliphatic carboxylic acids is 2. The van der Waals surface area contributed by atoms with E-state index in [9.17, 15) is 44.7 Å². The second-order valence-corrected chi connectivity index (χ2v) is 10.8. The third kappa shape index (κ3) is 8.59. The van der Waals surface area contributed by atoms with Crippen LogP contribution in [0.4, 0.5) is 0 Å². The Labute approximate surface area is 359 Å². The predicted octanol–water partition coefficient (Wildman–Crippen LogP) is -8.07. The number of fused-ring (bicyclic) bond motifs is 5. The van der Waals surface area contributed by atoms with Gasteiger partial charge in [0.25, 0.3) is 0 Å². The fourth-order valence-corrected chi connectivity index (χ4v) is 7.48. The summed E-state index contributed by atoms with van der Waals surface area (Å²) in [5, 5.41) is 50.9. The van der Waals surface area contributed by atoms with E-state index < -0.39 is 54.3 Å². The maximum atomic E-state index is 12.4. The molecule has 0 radical (unpaired) electrons. The van der Waals surface area contributed by atoms with Crippen molar-refractivity contribution in [1.29, 1.82) is 0 Å². The molecule has 7 atom stereocenters. The van der Waals surface area contributed by atoms with Gasteiger partial charge in [-0.2, -0.15) is 0 Å². The first-order valence-electron chi connectivity index (χ1n) is 12.1. The summed E-state index contributed by atoms with van der Waals surface area (Å²) < 4.78 is 0. The van der Waals surface area contributed by atoms with Crippen molar-refractivity contribution in [3.05, 3.63) is 23.3 Å². The molecule has 9 nitrogen and oxygen atoms in total. The number of hydrogen-bond acceptors (Lipinski definition) is 9. The van der Waals surface area contributed by atoms with Crippen LogP contribution in [0.25, 0.3) is 0 Å². The zero-order valence-corrected chi connectivity index (χ0v) is 28.7. The number of allylic oxidation sites excluding steroid dienone is 4. The van der Waals surface area contributed by atoms with Crippen LogP contribution in [-0.4, -0.2) is 116 Å². The van der Waals surface area contributed by atoms with E-state index in [1.54, 1.807) is 12.2 Å². The molecule has 3 saturated carbocycles. The number of hydrogen-bond donors (Lipinski definition) is 3. The Hall–Kier alpha value is 2.91. The monoisotopic (exact) mass is 616 g/mol. The maximum absolute atomic E-state index is 12.4. The molecule has 4 unspecified atom stereocenters. The van der Waals surface area contributed by atoms with Crippen LogP contribution in [0.15, 0.2) is 23.3 Å². The van der Waals surface area contributed by atoms with Crippen LogP contribution >= 0.6 is 0 Å². The van der Waals surface area contributed by atoms with E-state index in [-0.39, 0.29) is 191 Å². The van der Waals surface area contributed by atoms with Crippen LogP contribution in [0.1, 0.15) is 65.7 Å². The van der Waals surface area contributed by atoms with Crippen molar-refractivity contribution >= 4 is 82.6 Å². The molecule has 0 bridgehead atoms. The fraction of sp³-hybridized carbons (Fsp3) is 0.692. The van der Waals surface area contributed by atoms with Crippen molar-refractivity contribution < 1.29 is 147 Å². The molecule has 4 aliphatic rings. The van der Waals surface area contributed by atoms with Crippen LogP contribution in [0.5, 0.6) is 0 Å². The molecule has 0 aliphatic heterocycles. The SMILES string of the molecule is CC1=CC(=O)C=C2CCC3C(C(O)C[C@@]4(C)C3CC[C@]4(O)C(=O)CO)[C@@]12C.O=C([O-])CCC(=O)[O-].[K+].[K+].[NaH].[NaH]. The summed E-state index contributed by atoms with van der Waals surface area (Å²) in [4.78, 5) is 43.4. The van der Waals surface area contributed by atoms with Crippen LogP contribution < -0.4 is 113 Å². The summed E-state index contributed by atoms with van der Waals surface area (Å²) in [5.41, 5.74) is -0.534. The Morgan fingerprint density at radius 1 is 1.03 bits per heavy atom. The molecule has 0 aromatic carbocycles. The normalized spacial score (nSPS) is 35.6. The molecule has 3 N–H and O–H groups in total. The molecule has 4 aliphatic carbocycles. The van der Waals surface area contributed by atoms with Gasteiger partial charge in [-0.15, -0.1) is 0 Å². The van der Waals surface area contributed by atoms with Crippen LogP contribution in [0.2, 0.25) is 0 Å². The third-order valence-corrected chi connectivity index (χ3v) is 9.32. The van der Waals surface area contributed by atoms with Gasteiger partial charge < -0.3 is 35.1 Å². The summed E-state index contributed by atoms with van der Waals surface area (Å²) in [5.74, 6) is -2.96. The molecule has 4 rings (SSSR count). The molecule has 0 amide bonds. The molecular formula is C26H36K2Na2O9. The zero-order valence-electron chi connectivity index (χ0n) is 22.4. The van der Waals surface area contributed by atoms with Crippen LogP contribution in [-0.2, 0) is 19.2 Å². The number of rotatable bonds is 5. The van der Waals surface area contributed by atoms with Crippen molar-refractivity contribution in [3.63, 3.8) is 0 Å². The van der Waals surface area contributed by atoms with Gasteiger partial charge in [0.2, 0.25) is 0 Å². The van der Waals surface area contributed by atoms with Crippen molar-refractivity contribution in [1.82, 2.24) is 0 Å². The van der Waals surface area contributed by atoms with E-state index >= 15 is 0 Å². The van der Waals surface area contributed by atoms with E-state index in [4.69, 9.17) is 0 Å². The number of aliphatic hydroxyl groups is 3. The van der Waals surface area contributed by atoms with Gasteiger partial charge in [-0.3, -0.25) is 9.59 Å². The van der Waals surface area contributed by atoms with Crippen molar-refractivity contribution in [2.45, 2.75) is 77.4 Å². The first-order chi connectivity index (χ1) is 16.2. The van der Waals surface area contributed by atoms with Crippen LogP contribution in [0.3, 0.4) is 0 Å². The average molecular weight is 617 g/mol. The van der Waals surface area contributed by atoms with Gasteiger partial charge in [0.1, 0.15) is 12.2 Å². The van der Waals surface area contributed by atoms with Crippen LogP contribution in [0, 0.1) is 28.6 Å². The van der Waals surface area contributed by atoms with Crippen molar-refractivity contribution in [2.24, 2.45) is 28.6 Å². The molecule has 198 valence electrons. The molecule has 13 heteroatoms. The number of ketones is 2. The van der Waals surface area contributed by atoms with Gasteiger partial charge in [0.05, 0.1) is 6.10 Å². The van der Waals surface area contributed by atoms with Gasteiger partial charge >= 0.3 is 162 Å². The molecule has 39 heavy (non-hydrogen) atoms. The first-order valence-corrected chi connectivity index (χ1v) is 12.1. The van der Waals surface area contributed by atoms with E-state index in [1.807, 2.05) is 13.8 Å². The Morgan fingerprint density at radius 3 is 2.05 bits per heavy atom.